The minimum atomic E-state index is -0.236. The van der Waals surface area contributed by atoms with Crippen LogP contribution >= 0.6 is 0 Å². The molecule has 1 amide bonds. The van der Waals surface area contributed by atoms with E-state index in [-0.39, 0.29) is 23.3 Å². The fraction of sp³-hybridized carbons (Fsp3) is 0.846. The molecule has 0 radical (unpaired) electrons. The van der Waals surface area contributed by atoms with Gasteiger partial charge in [0.2, 0.25) is 5.91 Å². The van der Waals surface area contributed by atoms with E-state index in [9.17, 15) is 9.59 Å². The highest BCUT2D eigenvalue weighted by Crippen LogP contribution is 2.29. The molecule has 0 aromatic heterocycles. The third kappa shape index (κ3) is 4.29. The zero-order valence-electron chi connectivity index (χ0n) is 11.5. The number of nitrogens with one attached hydrogen (secondary N) is 2. The average molecular weight is 256 g/mol. The number of rotatable bonds is 5. The largest absolute Gasteiger partial charge is 0.469 e. The molecule has 5 heteroatoms. The first-order chi connectivity index (χ1) is 8.47. The van der Waals surface area contributed by atoms with Crippen molar-refractivity contribution in [1.82, 2.24) is 10.6 Å². The molecule has 2 N–H and O–H groups in total. The molecule has 18 heavy (non-hydrogen) atoms. The number of hydrogen-bond acceptors (Lipinski definition) is 4. The fourth-order valence-corrected chi connectivity index (χ4v) is 2.31. The number of carbonyl (C=O) groups is 2. The summed E-state index contributed by atoms with van der Waals surface area (Å²) in [5.74, 6) is -0.204. The zero-order chi connectivity index (χ0) is 13.6. The average Bonchev–Trinajstić information content (AvgIpc) is 2.33. The SMILES string of the molecule is COC(=O)CCCNC(=O)C1NCCCC1(C)C. The molecule has 0 spiro atoms. The smallest absolute Gasteiger partial charge is 0.305 e. The van der Waals surface area contributed by atoms with E-state index in [0.29, 0.717) is 19.4 Å². The standard InChI is InChI=1S/C13H24N2O3/c1-13(2)7-5-9-14-11(13)12(17)15-8-4-6-10(16)18-3/h11,14H,4-9H2,1-3H3,(H,15,17). The Morgan fingerprint density at radius 3 is 2.78 bits per heavy atom. The van der Waals surface area contributed by atoms with Crippen LogP contribution in [-0.4, -0.2) is 38.1 Å². The predicted octanol–water partition coefficient (Wildman–Crippen LogP) is 0.834. The second-order valence-electron chi connectivity index (χ2n) is 5.45. The van der Waals surface area contributed by atoms with E-state index in [1.807, 2.05) is 0 Å². The minimum absolute atomic E-state index is 0.00924. The number of hydrogen-bond donors (Lipinski definition) is 2. The third-order valence-corrected chi connectivity index (χ3v) is 3.47. The molecule has 1 unspecified atom stereocenters. The predicted molar refractivity (Wildman–Crippen MR) is 69.1 cm³/mol. The molecule has 0 aromatic carbocycles. The number of carbonyl (C=O) groups excluding carboxylic acids is 2. The molecule has 5 nitrogen and oxygen atoms in total. The number of ether oxygens (including phenoxy) is 1. The van der Waals surface area contributed by atoms with Gasteiger partial charge in [0.15, 0.2) is 0 Å². The first-order valence-electron chi connectivity index (χ1n) is 6.55. The monoisotopic (exact) mass is 256 g/mol. The van der Waals surface area contributed by atoms with E-state index >= 15 is 0 Å². The van der Waals surface area contributed by atoms with Crippen LogP contribution in [0.4, 0.5) is 0 Å². The van der Waals surface area contributed by atoms with Crippen molar-refractivity contribution in [3.05, 3.63) is 0 Å². The van der Waals surface area contributed by atoms with Crippen molar-refractivity contribution in [3.8, 4) is 0 Å². The van der Waals surface area contributed by atoms with Crippen molar-refractivity contribution in [1.29, 1.82) is 0 Å². The van der Waals surface area contributed by atoms with Crippen LogP contribution in [0.15, 0.2) is 0 Å². The molecule has 1 fully saturated rings. The van der Waals surface area contributed by atoms with Gasteiger partial charge >= 0.3 is 5.97 Å². The summed E-state index contributed by atoms with van der Waals surface area (Å²) in [6.45, 7) is 5.63. The highest BCUT2D eigenvalue weighted by Gasteiger charge is 2.36. The van der Waals surface area contributed by atoms with Gasteiger partial charge in [-0.3, -0.25) is 9.59 Å². The maximum atomic E-state index is 12.0. The van der Waals surface area contributed by atoms with Gasteiger partial charge in [-0.25, -0.2) is 0 Å². The number of methoxy groups -OCH3 is 1. The zero-order valence-corrected chi connectivity index (χ0v) is 11.5. The lowest BCUT2D eigenvalue weighted by atomic mass is 9.77. The molecule has 0 aromatic rings. The van der Waals surface area contributed by atoms with E-state index in [2.05, 4.69) is 29.2 Å². The minimum Gasteiger partial charge on any atom is -0.469 e. The molecule has 0 saturated carbocycles. The van der Waals surface area contributed by atoms with Crippen molar-refractivity contribution >= 4 is 11.9 Å². The Balaban J connectivity index is 2.29. The van der Waals surface area contributed by atoms with Crippen molar-refractivity contribution in [2.45, 2.75) is 45.6 Å². The molecular formula is C13H24N2O3. The lowest BCUT2D eigenvalue weighted by Crippen LogP contribution is -2.55. The molecule has 1 rings (SSSR count). The van der Waals surface area contributed by atoms with Crippen molar-refractivity contribution < 1.29 is 14.3 Å². The molecule has 0 aliphatic carbocycles. The molecular weight excluding hydrogens is 232 g/mol. The summed E-state index contributed by atoms with van der Waals surface area (Å²) in [6, 6.07) is -0.135. The van der Waals surface area contributed by atoms with Crippen LogP contribution in [0, 0.1) is 5.41 Å². The van der Waals surface area contributed by atoms with Crippen LogP contribution in [0.1, 0.15) is 39.5 Å². The first-order valence-corrected chi connectivity index (χ1v) is 6.55. The van der Waals surface area contributed by atoms with E-state index < -0.39 is 0 Å². The van der Waals surface area contributed by atoms with E-state index in [1.165, 1.54) is 7.11 Å². The molecule has 0 bridgehead atoms. The summed E-state index contributed by atoms with van der Waals surface area (Å²) < 4.78 is 4.54. The summed E-state index contributed by atoms with van der Waals surface area (Å²) in [4.78, 5) is 23.0. The lowest BCUT2D eigenvalue weighted by Gasteiger charge is -2.38. The summed E-state index contributed by atoms with van der Waals surface area (Å²) in [5.41, 5.74) is -0.00924. The van der Waals surface area contributed by atoms with Gasteiger partial charge in [0, 0.05) is 13.0 Å². The number of piperidine rings is 1. The van der Waals surface area contributed by atoms with Gasteiger partial charge in [0.05, 0.1) is 13.2 Å². The highest BCUT2D eigenvalue weighted by molar-refractivity contribution is 5.82. The van der Waals surface area contributed by atoms with Crippen LogP contribution in [0.3, 0.4) is 0 Å². The van der Waals surface area contributed by atoms with Crippen LogP contribution in [0.5, 0.6) is 0 Å². The van der Waals surface area contributed by atoms with Crippen molar-refractivity contribution in [2.24, 2.45) is 5.41 Å². The van der Waals surface area contributed by atoms with Gasteiger partial charge in [-0.1, -0.05) is 13.8 Å². The fourth-order valence-electron chi connectivity index (χ4n) is 2.31. The quantitative estimate of drug-likeness (QED) is 0.565. The van der Waals surface area contributed by atoms with Crippen molar-refractivity contribution in [3.63, 3.8) is 0 Å². The van der Waals surface area contributed by atoms with E-state index in [4.69, 9.17) is 0 Å². The van der Waals surface area contributed by atoms with Crippen LogP contribution in [0.2, 0.25) is 0 Å². The maximum absolute atomic E-state index is 12.0. The summed E-state index contributed by atoms with van der Waals surface area (Å²) >= 11 is 0. The normalized spacial score (nSPS) is 22.3. The van der Waals surface area contributed by atoms with Gasteiger partial charge in [0.25, 0.3) is 0 Å². The Kier molecular flexibility index (Phi) is 5.59. The Hall–Kier alpha value is -1.10. The Morgan fingerprint density at radius 1 is 1.44 bits per heavy atom. The summed E-state index contributed by atoms with van der Waals surface area (Å²) in [5, 5.41) is 6.14. The Labute approximate surface area is 109 Å². The molecule has 1 saturated heterocycles. The number of amides is 1. The second-order valence-corrected chi connectivity index (χ2v) is 5.45. The van der Waals surface area contributed by atoms with Gasteiger partial charge in [-0.15, -0.1) is 0 Å². The van der Waals surface area contributed by atoms with Crippen LogP contribution in [0.25, 0.3) is 0 Å². The van der Waals surface area contributed by atoms with Crippen LogP contribution in [-0.2, 0) is 14.3 Å². The van der Waals surface area contributed by atoms with Gasteiger partial charge in [-0.05, 0) is 31.2 Å². The van der Waals surface area contributed by atoms with Gasteiger partial charge in [0.1, 0.15) is 0 Å². The Bertz CT molecular complexity index is 303. The number of esters is 1. The lowest BCUT2D eigenvalue weighted by molar-refractivity contribution is -0.140. The summed E-state index contributed by atoms with van der Waals surface area (Å²) in [7, 11) is 1.37. The van der Waals surface area contributed by atoms with Gasteiger partial charge in [-0.2, -0.15) is 0 Å². The van der Waals surface area contributed by atoms with Gasteiger partial charge < -0.3 is 15.4 Å². The maximum Gasteiger partial charge on any atom is 0.305 e. The second kappa shape index (κ2) is 6.73. The third-order valence-electron chi connectivity index (χ3n) is 3.47. The topological polar surface area (TPSA) is 67.4 Å². The highest BCUT2D eigenvalue weighted by atomic mass is 16.5. The molecule has 1 heterocycles. The molecule has 1 aliphatic rings. The van der Waals surface area contributed by atoms with Crippen LogP contribution < -0.4 is 10.6 Å². The van der Waals surface area contributed by atoms with E-state index in [0.717, 1.165) is 19.4 Å². The molecule has 104 valence electrons. The summed E-state index contributed by atoms with van der Waals surface area (Å²) in [6.07, 6.45) is 3.13. The van der Waals surface area contributed by atoms with Crippen molar-refractivity contribution in [2.75, 3.05) is 20.2 Å². The van der Waals surface area contributed by atoms with E-state index in [1.54, 1.807) is 0 Å². The molecule has 1 atom stereocenters. The first kappa shape index (κ1) is 15.0. The molecule has 1 aliphatic heterocycles. The Morgan fingerprint density at radius 2 is 2.17 bits per heavy atom.